The summed E-state index contributed by atoms with van der Waals surface area (Å²) in [6.45, 7) is 6.16. The van der Waals surface area contributed by atoms with Crippen LogP contribution in [-0.4, -0.2) is 46.1 Å². The first-order chi connectivity index (χ1) is 7.51. The van der Waals surface area contributed by atoms with Crippen molar-refractivity contribution in [3.05, 3.63) is 0 Å². The van der Waals surface area contributed by atoms with E-state index < -0.39 is 11.5 Å². The Labute approximate surface area is 102 Å². The van der Waals surface area contributed by atoms with E-state index in [1.807, 2.05) is 0 Å². The number of thioether (sulfide) groups is 1. The van der Waals surface area contributed by atoms with Crippen molar-refractivity contribution in [1.82, 2.24) is 4.90 Å². The van der Waals surface area contributed by atoms with Crippen molar-refractivity contribution in [3.8, 4) is 0 Å². The van der Waals surface area contributed by atoms with E-state index in [2.05, 4.69) is 18.7 Å². The van der Waals surface area contributed by atoms with Crippen LogP contribution in [-0.2, 0) is 4.79 Å². The van der Waals surface area contributed by atoms with Gasteiger partial charge in [0.25, 0.3) is 0 Å². The second kappa shape index (κ2) is 4.22. The molecule has 0 spiro atoms. The van der Waals surface area contributed by atoms with Gasteiger partial charge in [0.2, 0.25) is 0 Å². The largest absolute Gasteiger partial charge is 0.480 e. The number of rotatable bonds is 2. The number of hydrogen-bond acceptors (Lipinski definition) is 3. The maximum absolute atomic E-state index is 11.8. The lowest BCUT2D eigenvalue weighted by atomic mass is 9.70. The molecule has 2 fully saturated rings. The Hall–Kier alpha value is -0.220. The van der Waals surface area contributed by atoms with Gasteiger partial charge in [-0.2, -0.15) is 11.8 Å². The van der Waals surface area contributed by atoms with Gasteiger partial charge in [-0.25, -0.2) is 0 Å². The summed E-state index contributed by atoms with van der Waals surface area (Å²) in [6.07, 6.45) is 3.30. The maximum atomic E-state index is 11.8. The van der Waals surface area contributed by atoms with E-state index in [0.717, 1.165) is 43.9 Å². The molecule has 0 aromatic rings. The average molecular weight is 243 g/mol. The van der Waals surface area contributed by atoms with Gasteiger partial charge in [-0.05, 0) is 43.5 Å². The van der Waals surface area contributed by atoms with E-state index in [-0.39, 0.29) is 5.41 Å². The van der Waals surface area contributed by atoms with Crippen molar-refractivity contribution >= 4 is 17.7 Å². The van der Waals surface area contributed by atoms with Gasteiger partial charge in [0.1, 0.15) is 5.54 Å². The third-order valence-corrected chi connectivity index (χ3v) is 5.42. The van der Waals surface area contributed by atoms with Crippen molar-refractivity contribution in [1.29, 1.82) is 0 Å². The summed E-state index contributed by atoms with van der Waals surface area (Å²) in [6, 6.07) is 0. The fourth-order valence-electron chi connectivity index (χ4n) is 3.05. The molecule has 16 heavy (non-hydrogen) atoms. The van der Waals surface area contributed by atoms with E-state index in [9.17, 15) is 9.90 Å². The van der Waals surface area contributed by atoms with Gasteiger partial charge in [-0.15, -0.1) is 0 Å². The van der Waals surface area contributed by atoms with Crippen molar-refractivity contribution < 1.29 is 9.90 Å². The first kappa shape index (κ1) is 12.2. The Kier molecular flexibility index (Phi) is 3.23. The summed E-state index contributed by atoms with van der Waals surface area (Å²) in [7, 11) is 0. The molecular formula is C12H21NO2S. The highest BCUT2D eigenvalue weighted by Gasteiger charge is 2.57. The highest BCUT2D eigenvalue weighted by atomic mass is 32.2. The summed E-state index contributed by atoms with van der Waals surface area (Å²) in [5, 5.41) is 9.73. The molecule has 0 aromatic heterocycles. The molecule has 1 atom stereocenters. The minimum Gasteiger partial charge on any atom is -0.480 e. The Morgan fingerprint density at radius 3 is 2.44 bits per heavy atom. The summed E-state index contributed by atoms with van der Waals surface area (Å²) in [4.78, 5) is 14.0. The highest BCUT2D eigenvalue weighted by Crippen LogP contribution is 2.47. The fourth-order valence-corrected chi connectivity index (χ4v) is 4.85. The third-order valence-electron chi connectivity index (χ3n) is 4.30. The molecule has 2 rings (SSSR count). The maximum Gasteiger partial charge on any atom is 0.325 e. The summed E-state index contributed by atoms with van der Waals surface area (Å²) < 4.78 is 0. The Balaban J connectivity index is 2.35. The molecule has 0 bridgehead atoms. The molecule has 0 radical (unpaired) electrons. The molecule has 2 aliphatic heterocycles. The predicted molar refractivity (Wildman–Crippen MR) is 66.9 cm³/mol. The molecule has 0 aliphatic carbocycles. The van der Waals surface area contributed by atoms with Crippen LogP contribution >= 0.6 is 11.8 Å². The van der Waals surface area contributed by atoms with Crippen LogP contribution < -0.4 is 0 Å². The number of carboxylic acids is 1. The smallest absolute Gasteiger partial charge is 0.325 e. The monoisotopic (exact) mass is 243 g/mol. The zero-order valence-corrected chi connectivity index (χ0v) is 11.0. The van der Waals surface area contributed by atoms with Crippen LogP contribution in [0.1, 0.15) is 33.1 Å². The molecule has 2 saturated heterocycles. The Morgan fingerprint density at radius 2 is 1.94 bits per heavy atom. The topological polar surface area (TPSA) is 40.5 Å². The average Bonchev–Trinajstić information content (AvgIpc) is 2.70. The highest BCUT2D eigenvalue weighted by molar-refractivity contribution is 7.99. The quantitative estimate of drug-likeness (QED) is 0.806. The minimum atomic E-state index is -0.633. The van der Waals surface area contributed by atoms with Crippen LogP contribution in [0.5, 0.6) is 0 Å². The van der Waals surface area contributed by atoms with Crippen LogP contribution in [0.15, 0.2) is 0 Å². The van der Waals surface area contributed by atoms with Gasteiger partial charge in [0.05, 0.1) is 0 Å². The van der Waals surface area contributed by atoms with E-state index in [4.69, 9.17) is 0 Å². The molecule has 1 N–H and O–H groups in total. The lowest BCUT2D eigenvalue weighted by molar-refractivity contribution is -0.158. The minimum absolute atomic E-state index is 0.117. The van der Waals surface area contributed by atoms with E-state index in [1.54, 1.807) is 11.8 Å². The lowest BCUT2D eigenvalue weighted by Crippen LogP contribution is -2.65. The van der Waals surface area contributed by atoms with Gasteiger partial charge in [-0.1, -0.05) is 13.8 Å². The molecule has 0 amide bonds. The van der Waals surface area contributed by atoms with Crippen LogP contribution in [0, 0.1) is 5.41 Å². The second-order valence-corrected chi connectivity index (χ2v) is 6.65. The number of likely N-dealkylation sites (tertiary alicyclic amines) is 1. The Bertz CT molecular complexity index is 287. The van der Waals surface area contributed by atoms with Crippen LogP contribution in [0.4, 0.5) is 0 Å². The molecule has 2 aliphatic rings. The third kappa shape index (κ3) is 1.66. The molecule has 3 nitrogen and oxygen atoms in total. The van der Waals surface area contributed by atoms with Crippen molar-refractivity contribution in [2.45, 2.75) is 38.6 Å². The lowest BCUT2D eigenvalue weighted by Gasteiger charge is -2.51. The zero-order valence-electron chi connectivity index (χ0n) is 10.2. The molecule has 1 unspecified atom stereocenters. The number of hydrogen-bond donors (Lipinski definition) is 1. The summed E-state index contributed by atoms with van der Waals surface area (Å²) in [5.74, 6) is 1.22. The summed E-state index contributed by atoms with van der Waals surface area (Å²) >= 11 is 1.80. The standard InChI is InChI=1S/C12H21NO2S/c1-11(2)5-8-16-9-12(11,10(14)15)13-6-3-4-7-13/h3-9H2,1-2H3,(H,14,15). The van der Waals surface area contributed by atoms with Crippen LogP contribution in [0.3, 0.4) is 0 Å². The molecule has 0 aromatic carbocycles. The zero-order chi connectivity index (χ0) is 11.8. The number of nitrogens with zero attached hydrogens (tertiary/aromatic N) is 1. The summed E-state index contributed by atoms with van der Waals surface area (Å²) in [5.41, 5.74) is -0.749. The SMILES string of the molecule is CC1(C)CCSCC1(C(=O)O)N1CCCC1. The van der Waals surface area contributed by atoms with E-state index >= 15 is 0 Å². The first-order valence-electron chi connectivity index (χ1n) is 6.07. The van der Waals surface area contributed by atoms with Crippen molar-refractivity contribution in [2.75, 3.05) is 24.6 Å². The van der Waals surface area contributed by atoms with Gasteiger partial charge < -0.3 is 5.11 Å². The number of aliphatic carboxylic acids is 1. The number of carboxylic acid groups (broad SMARTS) is 1. The normalized spacial score (nSPS) is 35.1. The predicted octanol–water partition coefficient (Wildman–Crippen LogP) is 2.07. The van der Waals surface area contributed by atoms with Crippen molar-refractivity contribution in [2.24, 2.45) is 5.41 Å². The van der Waals surface area contributed by atoms with Gasteiger partial charge in [-0.3, -0.25) is 9.69 Å². The number of carbonyl (C=O) groups is 1. The Morgan fingerprint density at radius 1 is 1.31 bits per heavy atom. The van der Waals surface area contributed by atoms with Gasteiger partial charge in [0.15, 0.2) is 0 Å². The molecule has 2 heterocycles. The van der Waals surface area contributed by atoms with E-state index in [1.165, 1.54) is 0 Å². The van der Waals surface area contributed by atoms with Gasteiger partial charge in [0, 0.05) is 5.75 Å². The fraction of sp³-hybridized carbons (Fsp3) is 0.917. The molecular weight excluding hydrogens is 222 g/mol. The molecule has 0 saturated carbocycles. The van der Waals surface area contributed by atoms with E-state index in [0.29, 0.717) is 0 Å². The second-order valence-electron chi connectivity index (χ2n) is 5.55. The van der Waals surface area contributed by atoms with Crippen LogP contribution in [0.25, 0.3) is 0 Å². The van der Waals surface area contributed by atoms with Gasteiger partial charge >= 0.3 is 5.97 Å². The van der Waals surface area contributed by atoms with Crippen molar-refractivity contribution in [3.63, 3.8) is 0 Å². The first-order valence-corrected chi connectivity index (χ1v) is 7.22. The van der Waals surface area contributed by atoms with Crippen LogP contribution in [0.2, 0.25) is 0 Å². The molecule has 4 heteroatoms. The molecule has 92 valence electrons.